The lowest BCUT2D eigenvalue weighted by atomic mass is 9.84. The molecule has 0 saturated carbocycles. The summed E-state index contributed by atoms with van der Waals surface area (Å²) in [4.78, 5) is 27.7. The minimum absolute atomic E-state index is 0.00371. The molecule has 27 heavy (non-hydrogen) atoms. The van der Waals surface area contributed by atoms with E-state index in [0.717, 1.165) is 28.1 Å². The van der Waals surface area contributed by atoms with E-state index in [1.165, 1.54) is 5.56 Å². The number of carbonyl (C=O) groups excluding carboxylic acids is 2. The molecule has 2 N–H and O–H groups in total. The van der Waals surface area contributed by atoms with E-state index >= 15 is 0 Å². The number of carbonyl (C=O) groups is 2. The molecule has 1 saturated heterocycles. The summed E-state index contributed by atoms with van der Waals surface area (Å²) >= 11 is 0. The Bertz CT molecular complexity index is 904. The van der Waals surface area contributed by atoms with Gasteiger partial charge in [-0.1, -0.05) is 29.8 Å². The second kappa shape index (κ2) is 6.41. The van der Waals surface area contributed by atoms with Crippen molar-refractivity contribution in [3.8, 4) is 0 Å². The van der Waals surface area contributed by atoms with Gasteiger partial charge in [0.2, 0.25) is 5.91 Å². The highest BCUT2D eigenvalue weighted by Gasteiger charge is 2.45. The molecular weight excluding hydrogens is 338 g/mol. The third-order valence-electron chi connectivity index (χ3n) is 5.78. The number of aryl methyl sites for hydroxylation is 3. The molecule has 2 aromatic rings. The van der Waals surface area contributed by atoms with Crippen LogP contribution in [0.15, 0.2) is 36.4 Å². The van der Waals surface area contributed by atoms with E-state index in [4.69, 9.17) is 0 Å². The largest absolute Gasteiger partial charge is 0.369 e. The third kappa shape index (κ3) is 2.97. The third-order valence-corrected chi connectivity index (χ3v) is 5.78. The summed E-state index contributed by atoms with van der Waals surface area (Å²) in [5.74, 6) is 0.0625. The van der Waals surface area contributed by atoms with Crippen molar-refractivity contribution in [3.05, 3.63) is 58.7 Å². The number of fused-ring (bicyclic) bond motifs is 1. The van der Waals surface area contributed by atoms with Crippen LogP contribution in [0.3, 0.4) is 0 Å². The fourth-order valence-electron chi connectivity index (χ4n) is 4.38. The predicted octanol–water partition coefficient (Wildman–Crippen LogP) is 3.65. The van der Waals surface area contributed by atoms with E-state index in [9.17, 15) is 9.59 Å². The van der Waals surface area contributed by atoms with Crippen LogP contribution in [0.25, 0.3) is 0 Å². The van der Waals surface area contributed by atoms with E-state index in [0.29, 0.717) is 25.9 Å². The maximum absolute atomic E-state index is 13.1. The van der Waals surface area contributed by atoms with E-state index in [-0.39, 0.29) is 11.8 Å². The number of hydrogen-bond donors (Lipinski definition) is 2. The zero-order valence-electron chi connectivity index (χ0n) is 16.1. The molecule has 140 valence electrons. The summed E-state index contributed by atoms with van der Waals surface area (Å²) < 4.78 is 0. The van der Waals surface area contributed by atoms with Crippen molar-refractivity contribution in [1.82, 2.24) is 4.90 Å². The normalized spacial score (nSPS) is 17.9. The van der Waals surface area contributed by atoms with Crippen LogP contribution in [0, 0.1) is 20.8 Å². The molecule has 1 fully saturated rings. The molecule has 2 aliphatic rings. The van der Waals surface area contributed by atoms with E-state index in [1.54, 1.807) is 0 Å². The Balaban J connectivity index is 1.53. The first-order valence-electron chi connectivity index (χ1n) is 9.45. The van der Waals surface area contributed by atoms with Gasteiger partial charge in [0.25, 0.3) is 5.91 Å². The van der Waals surface area contributed by atoms with Gasteiger partial charge in [0.05, 0.1) is 11.4 Å². The number of anilines is 2. The molecule has 2 aromatic carbocycles. The van der Waals surface area contributed by atoms with Crippen molar-refractivity contribution in [1.29, 1.82) is 0 Å². The first-order chi connectivity index (χ1) is 12.9. The Morgan fingerprint density at radius 1 is 1.00 bits per heavy atom. The Hall–Kier alpha value is -2.82. The Kier molecular flexibility index (Phi) is 4.17. The summed E-state index contributed by atoms with van der Waals surface area (Å²) in [7, 11) is 0. The first kappa shape index (κ1) is 17.6. The van der Waals surface area contributed by atoms with Gasteiger partial charge in [-0.25, -0.2) is 0 Å². The van der Waals surface area contributed by atoms with Crippen LogP contribution >= 0.6 is 0 Å². The standard InChI is InChI=1S/C22H25N3O2/c1-14-12-15(2)19(16(3)13-14)20(26)25-10-8-22(9-11-25)21(27)23-17-6-4-5-7-18(17)24-22/h4-7,12-13,24H,8-11H2,1-3H3,(H,23,27). The summed E-state index contributed by atoms with van der Waals surface area (Å²) in [6.07, 6.45) is 1.20. The lowest BCUT2D eigenvalue weighted by Gasteiger charge is -2.44. The van der Waals surface area contributed by atoms with Gasteiger partial charge in [-0.15, -0.1) is 0 Å². The topological polar surface area (TPSA) is 61.4 Å². The molecule has 5 nitrogen and oxygen atoms in total. The van der Waals surface area contributed by atoms with Crippen molar-refractivity contribution < 1.29 is 9.59 Å². The second-order valence-electron chi connectivity index (χ2n) is 7.77. The number of nitrogens with zero attached hydrogens (tertiary/aromatic N) is 1. The van der Waals surface area contributed by atoms with Gasteiger partial charge >= 0.3 is 0 Å². The number of amides is 2. The van der Waals surface area contributed by atoms with Crippen LogP contribution in [0.5, 0.6) is 0 Å². The fraction of sp³-hybridized carbons (Fsp3) is 0.364. The fourth-order valence-corrected chi connectivity index (χ4v) is 4.38. The van der Waals surface area contributed by atoms with E-state index < -0.39 is 5.54 Å². The van der Waals surface area contributed by atoms with Crippen LogP contribution in [0.4, 0.5) is 11.4 Å². The lowest BCUT2D eigenvalue weighted by Crippen LogP contribution is -2.59. The molecule has 0 unspecified atom stereocenters. The quantitative estimate of drug-likeness (QED) is 0.813. The number of benzene rings is 2. The van der Waals surface area contributed by atoms with Crippen molar-refractivity contribution in [2.24, 2.45) is 0 Å². The predicted molar refractivity (Wildman–Crippen MR) is 107 cm³/mol. The SMILES string of the molecule is Cc1cc(C)c(C(=O)N2CCC3(CC2)Nc2ccccc2NC3=O)c(C)c1. The minimum Gasteiger partial charge on any atom is -0.369 e. The van der Waals surface area contributed by atoms with Crippen LogP contribution in [0.2, 0.25) is 0 Å². The van der Waals surface area contributed by atoms with Crippen molar-refractivity contribution >= 4 is 23.2 Å². The Labute approximate surface area is 159 Å². The number of hydrogen-bond acceptors (Lipinski definition) is 3. The number of nitrogens with one attached hydrogen (secondary N) is 2. The highest BCUT2D eigenvalue weighted by Crippen LogP contribution is 2.36. The van der Waals surface area contributed by atoms with Crippen molar-refractivity contribution in [3.63, 3.8) is 0 Å². The lowest BCUT2D eigenvalue weighted by molar-refractivity contribution is -0.122. The Morgan fingerprint density at radius 3 is 2.22 bits per heavy atom. The van der Waals surface area contributed by atoms with Crippen LogP contribution in [0.1, 0.15) is 39.9 Å². The summed E-state index contributed by atoms with van der Waals surface area (Å²) in [6.45, 7) is 7.16. The van der Waals surface area contributed by atoms with Crippen LogP contribution in [-0.2, 0) is 4.79 Å². The molecule has 2 aliphatic heterocycles. The van der Waals surface area contributed by atoms with E-state index in [2.05, 4.69) is 22.8 Å². The molecule has 4 rings (SSSR count). The van der Waals surface area contributed by atoms with Gasteiger partial charge in [-0.3, -0.25) is 9.59 Å². The van der Waals surface area contributed by atoms with Gasteiger partial charge in [0, 0.05) is 18.7 Å². The number of piperidine rings is 1. The van der Waals surface area contributed by atoms with Gasteiger partial charge in [0.15, 0.2) is 0 Å². The molecule has 0 aliphatic carbocycles. The molecule has 5 heteroatoms. The molecular formula is C22H25N3O2. The molecule has 0 atom stereocenters. The van der Waals surface area contributed by atoms with Crippen molar-refractivity contribution in [2.75, 3.05) is 23.7 Å². The van der Waals surface area contributed by atoms with Gasteiger partial charge in [0.1, 0.15) is 5.54 Å². The van der Waals surface area contributed by atoms with Crippen LogP contribution in [-0.4, -0.2) is 35.3 Å². The molecule has 1 spiro atoms. The molecule has 0 aromatic heterocycles. The van der Waals surface area contributed by atoms with Gasteiger partial charge in [-0.05, 0) is 56.9 Å². The minimum atomic E-state index is -0.636. The highest BCUT2D eigenvalue weighted by molar-refractivity contribution is 6.06. The smallest absolute Gasteiger partial charge is 0.254 e. The van der Waals surface area contributed by atoms with E-state index in [1.807, 2.05) is 49.9 Å². The maximum Gasteiger partial charge on any atom is 0.254 e. The monoisotopic (exact) mass is 363 g/mol. The zero-order valence-corrected chi connectivity index (χ0v) is 16.1. The average Bonchev–Trinajstić information content (AvgIpc) is 2.62. The number of likely N-dealkylation sites (tertiary alicyclic amines) is 1. The van der Waals surface area contributed by atoms with Gasteiger partial charge in [-0.2, -0.15) is 0 Å². The number of rotatable bonds is 1. The Morgan fingerprint density at radius 2 is 1.59 bits per heavy atom. The van der Waals surface area contributed by atoms with Crippen molar-refractivity contribution in [2.45, 2.75) is 39.2 Å². The molecule has 2 heterocycles. The molecule has 0 radical (unpaired) electrons. The maximum atomic E-state index is 13.1. The summed E-state index contributed by atoms with van der Waals surface area (Å²) in [5.41, 5.74) is 5.12. The molecule has 2 amide bonds. The van der Waals surface area contributed by atoms with Gasteiger partial charge < -0.3 is 15.5 Å². The highest BCUT2D eigenvalue weighted by atomic mass is 16.2. The van der Waals surface area contributed by atoms with Crippen LogP contribution < -0.4 is 10.6 Å². The summed E-state index contributed by atoms with van der Waals surface area (Å²) in [6, 6.07) is 11.9. The average molecular weight is 363 g/mol. The second-order valence-corrected chi connectivity index (χ2v) is 7.77. The number of para-hydroxylation sites is 2. The zero-order chi connectivity index (χ0) is 19.2. The first-order valence-corrected chi connectivity index (χ1v) is 9.45. The molecule has 0 bridgehead atoms. The summed E-state index contributed by atoms with van der Waals surface area (Å²) in [5, 5.41) is 6.46.